The molecule has 3 unspecified atom stereocenters. The van der Waals surface area contributed by atoms with E-state index in [2.05, 4.69) is 26.1 Å². The van der Waals surface area contributed by atoms with Gasteiger partial charge in [0.1, 0.15) is 0 Å². The molecule has 0 aromatic heterocycles. The van der Waals surface area contributed by atoms with Gasteiger partial charge >= 0.3 is 0 Å². The van der Waals surface area contributed by atoms with E-state index < -0.39 is 0 Å². The molecule has 0 bridgehead atoms. The molecule has 3 atom stereocenters. The molecule has 16 heavy (non-hydrogen) atoms. The molecule has 1 aliphatic rings. The van der Waals surface area contributed by atoms with Crippen LogP contribution in [0.3, 0.4) is 0 Å². The lowest BCUT2D eigenvalue weighted by molar-refractivity contribution is 0.214. The molecule has 0 spiro atoms. The highest BCUT2D eigenvalue weighted by Gasteiger charge is 2.26. The first kappa shape index (κ1) is 14.0. The first-order valence-corrected chi connectivity index (χ1v) is 7.50. The Morgan fingerprint density at radius 1 is 1.12 bits per heavy atom. The summed E-state index contributed by atoms with van der Waals surface area (Å²) in [6.07, 6.45) is 9.97. The van der Waals surface area contributed by atoms with E-state index in [1.165, 1.54) is 58.0 Å². The van der Waals surface area contributed by atoms with Crippen LogP contribution in [0.25, 0.3) is 0 Å². The largest absolute Gasteiger partial charge is 0.316 e. The smallest absolute Gasteiger partial charge is 0.00178 e. The molecule has 1 N–H and O–H groups in total. The lowest BCUT2D eigenvalue weighted by Crippen LogP contribution is -2.31. The fraction of sp³-hybridized carbons (Fsp3) is 1.00. The van der Waals surface area contributed by atoms with Gasteiger partial charge in [0.15, 0.2) is 0 Å². The average molecular weight is 225 g/mol. The van der Waals surface area contributed by atoms with Crippen molar-refractivity contribution in [2.24, 2.45) is 17.8 Å². The van der Waals surface area contributed by atoms with Gasteiger partial charge in [0.2, 0.25) is 0 Å². The van der Waals surface area contributed by atoms with Crippen LogP contribution in [0, 0.1) is 17.8 Å². The minimum atomic E-state index is 0.923. The summed E-state index contributed by atoms with van der Waals surface area (Å²) in [6.45, 7) is 9.54. The van der Waals surface area contributed by atoms with Gasteiger partial charge in [0, 0.05) is 0 Å². The van der Waals surface area contributed by atoms with E-state index in [1.54, 1.807) is 0 Å². The highest BCUT2D eigenvalue weighted by molar-refractivity contribution is 4.79. The van der Waals surface area contributed by atoms with Gasteiger partial charge in [-0.2, -0.15) is 0 Å². The van der Waals surface area contributed by atoms with Gasteiger partial charge in [-0.1, -0.05) is 46.5 Å². The van der Waals surface area contributed by atoms with Gasteiger partial charge in [0.05, 0.1) is 0 Å². The first-order chi connectivity index (χ1) is 7.79. The van der Waals surface area contributed by atoms with Crippen LogP contribution in [-0.4, -0.2) is 13.1 Å². The molecule has 0 saturated heterocycles. The summed E-state index contributed by atoms with van der Waals surface area (Å²) in [5, 5.41) is 3.64. The van der Waals surface area contributed by atoms with E-state index in [0.29, 0.717) is 0 Å². The standard InChI is InChI=1S/C15H31N/c1-4-11-16-12-14-9-7-6-8-10-15(14)13(3)5-2/h13-16H,4-12H2,1-3H3. The Morgan fingerprint density at radius 2 is 1.88 bits per heavy atom. The Bertz CT molecular complexity index is 167. The van der Waals surface area contributed by atoms with Crippen LogP contribution in [-0.2, 0) is 0 Å². The van der Waals surface area contributed by atoms with Crippen molar-refractivity contribution in [1.29, 1.82) is 0 Å². The van der Waals surface area contributed by atoms with Gasteiger partial charge < -0.3 is 5.32 Å². The molecule has 0 radical (unpaired) electrons. The van der Waals surface area contributed by atoms with Crippen LogP contribution in [0.1, 0.15) is 65.7 Å². The number of hydrogen-bond donors (Lipinski definition) is 1. The Labute approximate surface area is 102 Å². The highest BCUT2D eigenvalue weighted by atomic mass is 14.9. The van der Waals surface area contributed by atoms with E-state index in [0.717, 1.165) is 17.8 Å². The molecule has 1 heteroatoms. The molecule has 0 aliphatic heterocycles. The van der Waals surface area contributed by atoms with Gasteiger partial charge in [-0.3, -0.25) is 0 Å². The predicted molar refractivity (Wildman–Crippen MR) is 72.7 cm³/mol. The molecule has 1 rings (SSSR count). The number of rotatable bonds is 6. The summed E-state index contributed by atoms with van der Waals surface area (Å²) in [5.41, 5.74) is 0. The molecule has 0 heterocycles. The van der Waals surface area contributed by atoms with Crippen molar-refractivity contribution in [3.05, 3.63) is 0 Å². The Kier molecular flexibility index (Phi) is 7.11. The summed E-state index contributed by atoms with van der Waals surface area (Å²) in [7, 11) is 0. The average Bonchev–Trinajstić information content (AvgIpc) is 2.54. The summed E-state index contributed by atoms with van der Waals surface area (Å²) in [4.78, 5) is 0. The molecule has 0 aromatic rings. The van der Waals surface area contributed by atoms with Crippen LogP contribution < -0.4 is 5.32 Å². The molecule has 0 aromatic carbocycles. The fourth-order valence-electron chi connectivity index (χ4n) is 3.18. The minimum Gasteiger partial charge on any atom is -0.316 e. The van der Waals surface area contributed by atoms with Crippen molar-refractivity contribution in [2.45, 2.75) is 65.7 Å². The van der Waals surface area contributed by atoms with Crippen molar-refractivity contribution in [2.75, 3.05) is 13.1 Å². The third kappa shape index (κ3) is 4.45. The molecule has 1 fully saturated rings. The zero-order chi connectivity index (χ0) is 11.8. The Hall–Kier alpha value is -0.0400. The molecule has 0 amide bonds. The van der Waals surface area contributed by atoms with Gasteiger partial charge in [-0.15, -0.1) is 0 Å². The summed E-state index contributed by atoms with van der Waals surface area (Å²) < 4.78 is 0. The van der Waals surface area contributed by atoms with Gasteiger partial charge in [-0.25, -0.2) is 0 Å². The van der Waals surface area contributed by atoms with Gasteiger partial charge in [-0.05, 0) is 50.1 Å². The summed E-state index contributed by atoms with van der Waals surface area (Å²) >= 11 is 0. The highest BCUT2D eigenvalue weighted by Crippen LogP contribution is 2.34. The molecule has 1 nitrogen and oxygen atoms in total. The fourth-order valence-corrected chi connectivity index (χ4v) is 3.18. The van der Waals surface area contributed by atoms with Crippen LogP contribution in [0.5, 0.6) is 0 Å². The maximum Gasteiger partial charge on any atom is -0.00178 e. The van der Waals surface area contributed by atoms with Crippen LogP contribution in [0.4, 0.5) is 0 Å². The van der Waals surface area contributed by atoms with E-state index in [4.69, 9.17) is 0 Å². The zero-order valence-electron chi connectivity index (χ0n) is 11.6. The second kappa shape index (κ2) is 8.11. The second-order valence-electron chi connectivity index (χ2n) is 5.65. The normalized spacial score (nSPS) is 28.7. The topological polar surface area (TPSA) is 12.0 Å². The van der Waals surface area contributed by atoms with E-state index >= 15 is 0 Å². The van der Waals surface area contributed by atoms with E-state index in [1.807, 2.05) is 0 Å². The lowest BCUT2D eigenvalue weighted by atomic mass is 9.78. The van der Waals surface area contributed by atoms with Crippen molar-refractivity contribution >= 4 is 0 Å². The van der Waals surface area contributed by atoms with Crippen molar-refractivity contribution in [1.82, 2.24) is 5.32 Å². The Morgan fingerprint density at radius 3 is 2.56 bits per heavy atom. The van der Waals surface area contributed by atoms with Crippen molar-refractivity contribution < 1.29 is 0 Å². The number of hydrogen-bond acceptors (Lipinski definition) is 1. The first-order valence-electron chi connectivity index (χ1n) is 7.50. The predicted octanol–water partition coefficient (Wildman–Crippen LogP) is 4.23. The van der Waals surface area contributed by atoms with E-state index in [-0.39, 0.29) is 0 Å². The van der Waals surface area contributed by atoms with E-state index in [9.17, 15) is 0 Å². The van der Waals surface area contributed by atoms with Crippen molar-refractivity contribution in [3.8, 4) is 0 Å². The maximum atomic E-state index is 3.64. The molecule has 1 saturated carbocycles. The molecular weight excluding hydrogens is 194 g/mol. The van der Waals surface area contributed by atoms with Gasteiger partial charge in [0.25, 0.3) is 0 Å². The van der Waals surface area contributed by atoms with Crippen molar-refractivity contribution in [3.63, 3.8) is 0 Å². The Balaban J connectivity index is 2.45. The second-order valence-corrected chi connectivity index (χ2v) is 5.65. The summed E-state index contributed by atoms with van der Waals surface area (Å²) in [6, 6.07) is 0. The minimum absolute atomic E-state index is 0.923. The lowest BCUT2D eigenvalue weighted by Gasteiger charge is -2.30. The summed E-state index contributed by atoms with van der Waals surface area (Å²) in [5.74, 6) is 2.85. The SMILES string of the molecule is CCCNCC1CCCCCC1C(C)CC. The van der Waals surface area contributed by atoms with Crippen LogP contribution >= 0.6 is 0 Å². The third-order valence-corrected chi connectivity index (χ3v) is 4.43. The third-order valence-electron chi connectivity index (χ3n) is 4.43. The van der Waals surface area contributed by atoms with Crippen LogP contribution in [0.15, 0.2) is 0 Å². The maximum absolute atomic E-state index is 3.64. The monoisotopic (exact) mass is 225 g/mol. The quantitative estimate of drug-likeness (QED) is 0.527. The molecule has 96 valence electrons. The molecular formula is C15H31N. The van der Waals surface area contributed by atoms with Crippen LogP contribution in [0.2, 0.25) is 0 Å². The zero-order valence-corrected chi connectivity index (χ0v) is 11.6. The number of nitrogens with one attached hydrogen (secondary N) is 1. The molecule has 1 aliphatic carbocycles.